The molecule has 0 aromatic heterocycles. The highest BCUT2D eigenvalue weighted by atomic mass is 35.5. The summed E-state index contributed by atoms with van der Waals surface area (Å²) < 4.78 is 5.58. The molecule has 1 heterocycles. The molecule has 1 aliphatic heterocycles. The predicted molar refractivity (Wildman–Crippen MR) is 76.8 cm³/mol. The first-order chi connectivity index (χ1) is 9.06. The molecular weight excluding hydrogens is 262 g/mol. The summed E-state index contributed by atoms with van der Waals surface area (Å²) >= 11 is 5.82. The van der Waals surface area contributed by atoms with Gasteiger partial charge in [-0.2, -0.15) is 0 Å². The van der Waals surface area contributed by atoms with E-state index in [-0.39, 0.29) is 11.9 Å². The maximum atomic E-state index is 12.1. The van der Waals surface area contributed by atoms with Crippen molar-refractivity contribution in [3.8, 4) is 0 Å². The van der Waals surface area contributed by atoms with Crippen molar-refractivity contribution in [2.75, 3.05) is 19.7 Å². The molecule has 104 valence electrons. The van der Waals surface area contributed by atoms with Crippen molar-refractivity contribution in [1.29, 1.82) is 0 Å². The molecule has 2 unspecified atom stereocenters. The van der Waals surface area contributed by atoms with Crippen molar-refractivity contribution in [3.63, 3.8) is 0 Å². The Kier molecular flexibility index (Phi) is 4.97. The van der Waals surface area contributed by atoms with Crippen molar-refractivity contribution in [3.05, 3.63) is 34.9 Å². The smallest absolute Gasteiger partial charge is 0.164 e. The van der Waals surface area contributed by atoms with E-state index in [9.17, 15) is 4.79 Å². The van der Waals surface area contributed by atoms with Gasteiger partial charge < -0.3 is 4.74 Å². The molecule has 1 aromatic carbocycles. The Bertz CT molecular complexity index is 432. The molecular formula is C15H20ClNO2. The first kappa shape index (κ1) is 14.5. The van der Waals surface area contributed by atoms with Crippen molar-refractivity contribution in [1.82, 2.24) is 4.90 Å². The molecule has 3 nitrogen and oxygen atoms in total. The average Bonchev–Trinajstić information content (AvgIpc) is 2.40. The molecule has 2 rings (SSSR count). The molecule has 0 spiro atoms. The maximum absolute atomic E-state index is 12.1. The van der Waals surface area contributed by atoms with Gasteiger partial charge in [-0.25, -0.2) is 0 Å². The second kappa shape index (κ2) is 6.51. The Morgan fingerprint density at radius 3 is 2.74 bits per heavy atom. The summed E-state index contributed by atoms with van der Waals surface area (Å²) in [5.74, 6) is 0.169. The number of hydrogen-bond donors (Lipinski definition) is 0. The lowest BCUT2D eigenvalue weighted by Crippen LogP contribution is -2.47. The van der Waals surface area contributed by atoms with Crippen LogP contribution in [0, 0.1) is 0 Å². The zero-order chi connectivity index (χ0) is 13.8. The molecule has 0 aliphatic carbocycles. The van der Waals surface area contributed by atoms with E-state index in [1.807, 2.05) is 0 Å². The van der Waals surface area contributed by atoms with E-state index in [1.54, 1.807) is 24.3 Å². The van der Waals surface area contributed by atoms with Crippen LogP contribution in [0.4, 0.5) is 0 Å². The molecule has 2 atom stereocenters. The zero-order valence-electron chi connectivity index (χ0n) is 11.4. The number of halogens is 1. The van der Waals surface area contributed by atoms with Gasteiger partial charge in [0, 0.05) is 36.1 Å². The fourth-order valence-corrected chi connectivity index (χ4v) is 2.43. The SMILES string of the molecule is CC1CN(CCC(=O)c2ccc(Cl)cc2)C(C)CO1. The largest absolute Gasteiger partial charge is 0.376 e. The Balaban J connectivity index is 1.87. The summed E-state index contributed by atoms with van der Waals surface area (Å²) in [5.41, 5.74) is 0.735. The van der Waals surface area contributed by atoms with Gasteiger partial charge in [-0.05, 0) is 38.1 Å². The Hall–Kier alpha value is -0.900. The van der Waals surface area contributed by atoms with E-state index in [0.29, 0.717) is 17.5 Å². The molecule has 0 bridgehead atoms. The lowest BCUT2D eigenvalue weighted by atomic mass is 10.1. The highest BCUT2D eigenvalue weighted by Gasteiger charge is 2.23. The molecule has 19 heavy (non-hydrogen) atoms. The lowest BCUT2D eigenvalue weighted by Gasteiger charge is -2.36. The minimum atomic E-state index is 0.169. The second-order valence-electron chi connectivity index (χ2n) is 5.17. The van der Waals surface area contributed by atoms with Gasteiger partial charge in [-0.3, -0.25) is 9.69 Å². The summed E-state index contributed by atoms with van der Waals surface area (Å²) in [6.07, 6.45) is 0.792. The van der Waals surface area contributed by atoms with E-state index in [0.717, 1.165) is 25.3 Å². The van der Waals surface area contributed by atoms with Crippen LogP contribution < -0.4 is 0 Å². The minimum Gasteiger partial charge on any atom is -0.376 e. The molecule has 1 saturated heterocycles. The van der Waals surface area contributed by atoms with E-state index in [4.69, 9.17) is 16.3 Å². The van der Waals surface area contributed by atoms with Crippen LogP contribution in [0.3, 0.4) is 0 Å². The number of carbonyl (C=O) groups excluding carboxylic acids is 1. The quantitative estimate of drug-likeness (QED) is 0.795. The Morgan fingerprint density at radius 2 is 2.05 bits per heavy atom. The molecule has 1 fully saturated rings. The molecule has 0 saturated carbocycles. The van der Waals surface area contributed by atoms with Crippen LogP contribution in [0.5, 0.6) is 0 Å². The van der Waals surface area contributed by atoms with Crippen molar-refractivity contribution in [2.45, 2.75) is 32.4 Å². The van der Waals surface area contributed by atoms with E-state index in [1.165, 1.54) is 0 Å². The van der Waals surface area contributed by atoms with Crippen molar-refractivity contribution in [2.24, 2.45) is 0 Å². The topological polar surface area (TPSA) is 29.5 Å². The van der Waals surface area contributed by atoms with Gasteiger partial charge in [0.05, 0.1) is 12.7 Å². The van der Waals surface area contributed by atoms with Gasteiger partial charge in [0.25, 0.3) is 0 Å². The van der Waals surface area contributed by atoms with Gasteiger partial charge in [0.1, 0.15) is 0 Å². The van der Waals surface area contributed by atoms with Crippen molar-refractivity contribution >= 4 is 17.4 Å². The third-order valence-corrected chi connectivity index (χ3v) is 3.78. The number of rotatable bonds is 4. The van der Waals surface area contributed by atoms with Crippen LogP contribution in [-0.2, 0) is 4.74 Å². The number of Topliss-reactive ketones (excluding diaryl/α,β-unsaturated/α-hetero) is 1. The first-order valence-corrected chi connectivity index (χ1v) is 7.08. The second-order valence-corrected chi connectivity index (χ2v) is 5.60. The van der Waals surface area contributed by atoms with Gasteiger partial charge in [0.15, 0.2) is 5.78 Å². The fourth-order valence-electron chi connectivity index (χ4n) is 2.31. The zero-order valence-corrected chi connectivity index (χ0v) is 12.2. The molecule has 1 aromatic rings. The Morgan fingerprint density at radius 1 is 1.37 bits per heavy atom. The number of ketones is 1. The number of carbonyl (C=O) groups is 1. The summed E-state index contributed by atoms with van der Waals surface area (Å²) in [7, 11) is 0. The monoisotopic (exact) mass is 281 g/mol. The number of nitrogens with zero attached hydrogens (tertiary/aromatic N) is 1. The van der Waals surface area contributed by atoms with Gasteiger partial charge in [-0.15, -0.1) is 0 Å². The summed E-state index contributed by atoms with van der Waals surface area (Å²) in [6.45, 7) is 6.64. The van der Waals surface area contributed by atoms with E-state index >= 15 is 0 Å². The van der Waals surface area contributed by atoms with Crippen molar-refractivity contribution < 1.29 is 9.53 Å². The highest BCUT2D eigenvalue weighted by molar-refractivity contribution is 6.30. The standard InChI is InChI=1S/C15H20ClNO2/c1-11-10-19-12(2)9-17(11)8-7-15(18)13-3-5-14(16)6-4-13/h3-6,11-12H,7-10H2,1-2H3. The number of ether oxygens (including phenoxy) is 1. The van der Waals surface area contributed by atoms with E-state index < -0.39 is 0 Å². The maximum Gasteiger partial charge on any atom is 0.164 e. The molecule has 1 aliphatic rings. The van der Waals surface area contributed by atoms with Gasteiger partial charge in [-0.1, -0.05) is 11.6 Å². The number of benzene rings is 1. The van der Waals surface area contributed by atoms with Crippen LogP contribution in [0.2, 0.25) is 5.02 Å². The summed E-state index contributed by atoms with van der Waals surface area (Å²) in [5, 5.41) is 0.659. The van der Waals surface area contributed by atoms with E-state index in [2.05, 4.69) is 18.7 Å². The van der Waals surface area contributed by atoms with Crippen LogP contribution >= 0.6 is 11.6 Å². The van der Waals surface area contributed by atoms with Crippen LogP contribution in [0.1, 0.15) is 30.6 Å². The van der Waals surface area contributed by atoms with Crippen LogP contribution in [0.25, 0.3) is 0 Å². The van der Waals surface area contributed by atoms with Crippen LogP contribution in [-0.4, -0.2) is 42.5 Å². The number of morpholine rings is 1. The molecule has 4 heteroatoms. The normalized spacial score (nSPS) is 24.4. The fraction of sp³-hybridized carbons (Fsp3) is 0.533. The highest BCUT2D eigenvalue weighted by Crippen LogP contribution is 2.14. The molecule has 0 amide bonds. The lowest BCUT2D eigenvalue weighted by molar-refractivity contribution is -0.0488. The third-order valence-electron chi connectivity index (χ3n) is 3.53. The first-order valence-electron chi connectivity index (χ1n) is 6.70. The number of hydrogen-bond acceptors (Lipinski definition) is 3. The van der Waals surface area contributed by atoms with Gasteiger partial charge in [0.2, 0.25) is 0 Å². The summed E-state index contributed by atoms with van der Waals surface area (Å²) in [4.78, 5) is 14.4. The Labute approximate surface area is 119 Å². The third kappa shape index (κ3) is 4.03. The molecule has 0 radical (unpaired) electrons. The van der Waals surface area contributed by atoms with Crippen LogP contribution in [0.15, 0.2) is 24.3 Å². The summed E-state index contributed by atoms with van der Waals surface area (Å²) in [6, 6.07) is 7.48. The predicted octanol–water partition coefficient (Wildman–Crippen LogP) is 3.02. The molecule has 0 N–H and O–H groups in total. The average molecular weight is 282 g/mol. The minimum absolute atomic E-state index is 0.169. The van der Waals surface area contributed by atoms with Gasteiger partial charge >= 0.3 is 0 Å².